The van der Waals surface area contributed by atoms with E-state index >= 15 is 0 Å². The minimum absolute atomic E-state index is 0.126. The molecule has 174 valence electrons. The van der Waals surface area contributed by atoms with Crippen LogP contribution in [-0.2, 0) is 4.79 Å². The summed E-state index contributed by atoms with van der Waals surface area (Å²) in [5.41, 5.74) is 2.07. The summed E-state index contributed by atoms with van der Waals surface area (Å²) in [6.07, 6.45) is 1.06. The molecule has 2 amide bonds. The number of nitrogens with zero attached hydrogens (tertiary/aromatic N) is 3. The smallest absolute Gasteiger partial charge is 0.265 e. The highest BCUT2D eigenvalue weighted by atomic mass is 32.1. The summed E-state index contributed by atoms with van der Waals surface area (Å²) in [4.78, 5) is 32.9. The van der Waals surface area contributed by atoms with E-state index in [2.05, 4.69) is 17.2 Å². The van der Waals surface area contributed by atoms with Crippen molar-refractivity contribution in [1.29, 1.82) is 0 Å². The van der Waals surface area contributed by atoms with E-state index < -0.39 is 5.60 Å². The number of ether oxygens (including phenoxy) is 1. The number of anilines is 1. The van der Waals surface area contributed by atoms with E-state index in [-0.39, 0.29) is 25.0 Å². The molecule has 1 saturated heterocycles. The third kappa shape index (κ3) is 6.05. The molecule has 0 atom stereocenters. The largest absolute Gasteiger partial charge is 0.491 e. The molecule has 2 aromatic rings. The minimum atomic E-state index is -0.903. The van der Waals surface area contributed by atoms with Gasteiger partial charge >= 0.3 is 0 Å². The molecule has 9 heteroatoms. The second-order valence-electron chi connectivity index (χ2n) is 8.72. The van der Waals surface area contributed by atoms with Gasteiger partial charge in [-0.25, -0.2) is 4.98 Å². The van der Waals surface area contributed by atoms with Crippen molar-refractivity contribution in [1.82, 2.24) is 14.8 Å². The van der Waals surface area contributed by atoms with Crippen molar-refractivity contribution in [2.75, 3.05) is 45.7 Å². The molecule has 1 aromatic carbocycles. The summed E-state index contributed by atoms with van der Waals surface area (Å²) >= 11 is 1.18. The Hall–Kier alpha value is -2.49. The van der Waals surface area contributed by atoms with Gasteiger partial charge in [-0.1, -0.05) is 17.4 Å². The molecule has 0 aliphatic carbocycles. The van der Waals surface area contributed by atoms with Crippen LogP contribution in [-0.4, -0.2) is 77.6 Å². The molecule has 0 radical (unpaired) electrons. The summed E-state index contributed by atoms with van der Waals surface area (Å²) in [6.45, 7) is 7.49. The molecular weight excluding hydrogens is 428 g/mol. The molecule has 0 saturated carbocycles. The fourth-order valence-electron chi connectivity index (χ4n) is 3.51. The van der Waals surface area contributed by atoms with Crippen LogP contribution in [0.2, 0.25) is 0 Å². The quantitative estimate of drug-likeness (QED) is 0.660. The average Bonchev–Trinajstić information content (AvgIpc) is 3.10. The number of nitrogens with one attached hydrogen (secondary N) is 1. The molecule has 2 N–H and O–H groups in total. The summed E-state index contributed by atoms with van der Waals surface area (Å²) in [5, 5.41) is 14.1. The van der Waals surface area contributed by atoms with Gasteiger partial charge in [0.2, 0.25) is 5.91 Å². The van der Waals surface area contributed by atoms with Gasteiger partial charge in [0, 0.05) is 27.2 Å². The number of aryl methyl sites for hydroxylation is 3. The van der Waals surface area contributed by atoms with Crippen LogP contribution in [0.15, 0.2) is 18.2 Å². The van der Waals surface area contributed by atoms with Crippen LogP contribution in [0.25, 0.3) is 0 Å². The van der Waals surface area contributed by atoms with Gasteiger partial charge in [-0.3, -0.25) is 14.5 Å². The maximum absolute atomic E-state index is 12.5. The Kier molecular flexibility index (Phi) is 7.53. The summed E-state index contributed by atoms with van der Waals surface area (Å²) in [7, 11) is 3.37. The van der Waals surface area contributed by atoms with Gasteiger partial charge in [0.25, 0.3) is 5.91 Å². The van der Waals surface area contributed by atoms with Crippen LogP contribution in [0, 0.1) is 20.8 Å². The standard InChI is InChI=1S/C23H32N4O4S/c1-15-6-7-18(12-16(15)2)31-14-23(30)8-10-27(11-9-23)13-19(28)25-22-24-17(3)20(32-22)21(29)26(4)5/h6-7,12,30H,8-11,13-14H2,1-5H3,(H,24,25,28). The SMILES string of the molecule is Cc1ccc(OCC2(O)CCN(CC(=O)Nc3nc(C)c(C(=O)N(C)C)s3)CC2)cc1C. The van der Waals surface area contributed by atoms with Crippen LogP contribution in [0.3, 0.4) is 0 Å². The van der Waals surface area contributed by atoms with Crippen molar-refractivity contribution in [2.24, 2.45) is 0 Å². The fraction of sp³-hybridized carbons (Fsp3) is 0.522. The topological polar surface area (TPSA) is 95.0 Å². The number of aliphatic hydroxyl groups is 1. The molecule has 0 bridgehead atoms. The Bertz CT molecular complexity index is 980. The summed E-state index contributed by atoms with van der Waals surface area (Å²) in [6, 6.07) is 5.91. The number of piperidine rings is 1. The molecule has 1 aromatic heterocycles. The molecule has 1 fully saturated rings. The van der Waals surface area contributed by atoms with E-state index in [0.717, 1.165) is 11.3 Å². The number of carbonyl (C=O) groups is 2. The first-order valence-corrected chi connectivity index (χ1v) is 11.5. The predicted molar refractivity (Wildman–Crippen MR) is 126 cm³/mol. The van der Waals surface area contributed by atoms with Gasteiger partial charge in [-0.05, 0) is 56.9 Å². The zero-order valence-electron chi connectivity index (χ0n) is 19.4. The number of amides is 2. The lowest BCUT2D eigenvalue weighted by molar-refractivity contribution is -0.119. The monoisotopic (exact) mass is 460 g/mol. The molecule has 8 nitrogen and oxygen atoms in total. The molecular formula is C23H32N4O4S. The number of rotatable bonds is 7. The maximum atomic E-state index is 12.5. The van der Waals surface area contributed by atoms with Crippen LogP contribution in [0.4, 0.5) is 5.13 Å². The van der Waals surface area contributed by atoms with Crippen LogP contribution in [0.1, 0.15) is 39.3 Å². The number of likely N-dealkylation sites (tertiary alicyclic amines) is 1. The highest BCUT2D eigenvalue weighted by molar-refractivity contribution is 7.17. The molecule has 32 heavy (non-hydrogen) atoms. The molecule has 1 aliphatic rings. The van der Waals surface area contributed by atoms with Crippen molar-refractivity contribution in [2.45, 2.75) is 39.2 Å². The zero-order valence-corrected chi connectivity index (χ0v) is 20.2. The second-order valence-corrected chi connectivity index (χ2v) is 9.72. The number of thiazole rings is 1. The Morgan fingerprint density at radius 1 is 1.22 bits per heavy atom. The first-order valence-electron chi connectivity index (χ1n) is 10.7. The van der Waals surface area contributed by atoms with Gasteiger partial charge in [0.1, 0.15) is 22.8 Å². The van der Waals surface area contributed by atoms with Crippen molar-refractivity contribution in [3.63, 3.8) is 0 Å². The minimum Gasteiger partial charge on any atom is -0.491 e. The lowest BCUT2D eigenvalue weighted by Gasteiger charge is -2.37. The van der Waals surface area contributed by atoms with E-state index in [4.69, 9.17) is 4.74 Å². The molecule has 2 heterocycles. The first kappa shape index (κ1) is 24.2. The van der Waals surface area contributed by atoms with E-state index in [1.807, 2.05) is 30.0 Å². The summed E-state index contributed by atoms with van der Waals surface area (Å²) < 4.78 is 5.84. The van der Waals surface area contributed by atoms with Crippen LogP contribution in [0.5, 0.6) is 5.75 Å². The third-order valence-corrected chi connectivity index (χ3v) is 6.84. The Morgan fingerprint density at radius 2 is 1.91 bits per heavy atom. The number of benzene rings is 1. The number of hydrogen-bond acceptors (Lipinski definition) is 7. The lowest BCUT2D eigenvalue weighted by atomic mass is 9.92. The van der Waals surface area contributed by atoms with Crippen molar-refractivity contribution < 1.29 is 19.4 Å². The lowest BCUT2D eigenvalue weighted by Crippen LogP contribution is -2.49. The van der Waals surface area contributed by atoms with Gasteiger partial charge in [-0.15, -0.1) is 0 Å². The molecule has 3 rings (SSSR count). The molecule has 0 unspecified atom stereocenters. The zero-order chi connectivity index (χ0) is 23.5. The average molecular weight is 461 g/mol. The highest BCUT2D eigenvalue weighted by Crippen LogP contribution is 2.26. The fourth-order valence-corrected chi connectivity index (χ4v) is 4.51. The number of aromatic nitrogens is 1. The number of hydrogen-bond donors (Lipinski definition) is 2. The van der Waals surface area contributed by atoms with Crippen molar-refractivity contribution in [3.05, 3.63) is 39.9 Å². The third-order valence-electron chi connectivity index (χ3n) is 5.78. The number of carbonyl (C=O) groups excluding carboxylic acids is 2. The van der Waals surface area contributed by atoms with Crippen LogP contribution >= 0.6 is 11.3 Å². The van der Waals surface area contributed by atoms with Gasteiger partial charge in [0.05, 0.1) is 12.2 Å². The highest BCUT2D eigenvalue weighted by Gasteiger charge is 2.33. The maximum Gasteiger partial charge on any atom is 0.265 e. The Morgan fingerprint density at radius 3 is 2.53 bits per heavy atom. The van der Waals surface area contributed by atoms with Gasteiger partial charge < -0.3 is 20.1 Å². The first-order chi connectivity index (χ1) is 15.1. The van der Waals surface area contributed by atoms with Crippen LogP contribution < -0.4 is 10.1 Å². The Balaban J connectivity index is 1.47. The predicted octanol–water partition coefficient (Wildman–Crippen LogP) is 2.61. The van der Waals surface area contributed by atoms with E-state index in [0.29, 0.717) is 41.6 Å². The Labute approximate surface area is 193 Å². The molecule has 1 aliphatic heterocycles. The van der Waals surface area contributed by atoms with Gasteiger partial charge in [0.15, 0.2) is 5.13 Å². The second kappa shape index (κ2) is 9.97. The van der Waals surface area contributed by atoms with E-state index in [9.17, 15) is 14.7 Å². The normalized spacial score (nSPS) is 15.9. The van der Waals surface area contributed by atoms with Crippen molar-refractivity contribution in [3.8, 4) is 5.75 Å². The molecule has 0 spiro atoms. The van der Waals surface area contributed by atoms with E-state index in [1.54, 1.807) is 21.0 Å². The van der Waals surface area contributed by atoms with Gasteiger partial charge in [-0.2, -0.15) is 0 Å². The van der Waals surface area contributed by atoms with Crippen molar-refractivity contribution >= 4 is 28.3 Å². The van der Waals surface area contributed by atoms with E-state index in [1.165, 1.54) is 21.8 Å². The summed E-state index contributed by atoms with van der Waals surface area (Å²) in [5.74, 6) is 0.451.